The second-order valence-electron chi connectivity index (χ2n) is 5.76. The molecule has 0 radical (unpaired) electrons. The highest BCUT2D eigenvalue weighted by molar-refractivity contribution is 5.14. The van der Waals surface area contributed by atoms with Gasteiger partial charge < -0.3 is 0 Å². The summed E-state index contributed by atoms with van der Waals surface area (Å²) in [7, 11) is 0. The minimum absolute atomic E-state index is 0.909. The Morgan fingerprint density at radius 2 is 1.95 bits per heavy atom. The lowest BCUT2D eigenvalue weighted by Crippen LogP contribution is -2.25. The van der Waals surface area contributed by atoms with Crippen molar-refractivity contribution in [3.63, 3.8) is 0 Å². The molecule has 0 saturated heterocycles. The van der Waals surface area contributed by atoms with Crippen LogP contribution >= 0.6 is 0 Å². The van der Waals surface area contributed by atoms with Crippen molar-refractivity contribution in [1.82, 2.24) is 14.7 Å². The molecule has 1 heterocycles. The molecule has 2 aromatic rings. The van der Waals surface area contributed by atoms with Gasteiger partial charge in [0.1, 0.15) is 0 Å². The first-order chi connectivity index (χ1) is 9.83. The molecule has 20 heavy (non-hydrogen) atoms. The monoisotopic (exact) mass is 269 g/mol. The van der Waals surface area contributed by atoms with Gasteiger partial charge in [-0.25, -0.2) is 0 Å². The number of rotatable bonds is 7. The van der Waals surface area contributed by atoms with E-state index in [-0.39, 0.29) is 0 Å². The van der Waals surface area contributed by atoms with Crippen LogP contribution in [0.3, 0.4) is 0 Å². The maximum absolute atomic E-state index is 4.61. The van der Waals surface area contributed by atoms with Crippen molar-refractivity contribution in [1.29, 1.82) is 0 Å². The van der Waals surface area contributed by atoms with E-state index in [0.717, 1.165) is 25.6 Å². The average Bonchev–Trinajstić information content (AvgIpc) is 3.16. The number of aromatic nitrogens is 2. The van der Waals surface area contributed by atoms with Crippen LogP contribution in [0.2, 0.25) is 0 Å². The number of hydrogen-bond acceptors (Lipinski definition) is 2. The fourth-order valence-electron chi connectivity index (χ4n) is 2.59. The van der Waals surface area contributed by atoms with Crippen LogP contribution in [-0.2, 0) is 19.6 Å². The number of benzene rings is 1. The Balaban J connectivity index is 1.65. The summed E-state index contributed by atoms with van der Waals surface area (Å²) in [5, 5.41) is 4.61. The number of aryl methyl sites for hydroxylation is 1. The van der Waals surface area contributed by atoms with Crippen LogP contribution in [-0.4, -0.2) is 21.2 Å². The predicted octanol–water partition coefficient (Wildman–Crippen LogP) is 3.32. The third-order valence-corrected chi connectivity index (χ3v) is 3.87. The van der Waals surface area contributed by atoms with Gasteiger partial charge in [0.2, 0.25) is 0 Å². The molecule has 0 spiro atoms. The second-order valence-corrected chi connectivity index (χ2v) is 5.76. The van der Waals surface area contributed by atoms with Crippen LogP contribution in [0.15, 0.2) is 42.6 Å². The summed E-state index contributed by atoms with van der Waals surface area (Å²) >= 11 is 0. The lowest BCUT2D eigenvalue weighted by molar-refractivity contribution is 0.242. The quantitative estimate of drug-likeness (QED) is 0.769. The highest BCUT2D eigenvalue weighted by Gasteiger charge is 2.24. The molecule has 3 nitrogen and oxygen atoms in total. The van der Waals surface area contributed by atoms with Crippen molar-refractivity contribution >= 4 is 0 Å². The Bertz CT molecular complexity index is 528. The zero-order valence-electron chi connectivity index (χ0n) is 12.2. The zero-order chi connectivity index (χ0) is 13.8. The van der Waals surface area contributed by atoms with Crippen molar-refractivity contribution in [3.05, 3.63) is 53.9 Å². The lowest BCUT2D eigenvalue weighted by Gasteiger charge is -2.21. The van der Waals surface area contributed by atoms with Crippen molar-refractivity contribution in [2.45, 2.75) is 39.4 Å². The molecule has 106 valence electrons. The summed E-state index contributed by atoms with van der Waals surface area (Å²) in [6, 6.07) is 12.9. The minimum atomic E-state index is 0.909. The molecule has 1 aliphatic carbocycles. The van der Waals surface area contributed by atoms with Crippen molar-refractivity contribution < 1.29 is 0 Å². The smallest absolute Gasteiger partial charge is 0.0764 e. The zero-order valence-corrected chi connectivity index (χ0v) is 12.2. The van der Waals surface area contributed by atoms with Crippen LogP contribution in [0.1, 0.15) is 31.0 Å². The number of hydrogen-bond donors (Lipinski definition) is 0. The van der Waals surface area contributed by atoms with Crippen LogP contribution < -0.4 is 0 Å². The van der Waals surface area contributed by atoms with Gasteiger partial charge in [-0.3, -0.25) is 9.58 Å². The van der Waals surface area contributed by atoms with Crippen LogP contribution in [0.4, 0.5) is 0 Å². The Kier molecular flexibility index (Phi) is 4.16. The van der Waals surface area contributed by atoms with E-state index in [4.69, 9.17) is 0 Å². The summed E-state index contributed by atoms with van der Waals surface area (Å²) in [5.41, 5.74) is 2.58. The van der Waals surface area contributed by atoms with Crippen LogP contribution in [0, 0.1) is 5.92 Å². The topological polar surface area (TPSA) is 21.1 Å². The fraction of sp³-hybridized carbons (Fsp3) is 0.471. The highest BCUT2D eigenvalue weighted by Crippen LogP contribution is 2.30. The SMILES string of the molecule is CCn1ccc(CN(Cc2ccccc2)CC2CC2)n1. The van der Waals surface area contributed by atoms with Crippen molar-refractivity contribution in [2.75, 3.05) is 6.54 Å². The second kappa shape index (κ2) is 6.23. The van der Waals surface area contributed by atoms with E-state index >= 15 is 0 Å². The van der Waals surface area contributed by atoms with E-state index in [2.05, 4.69) is 59.5 Å². The maximum atomic E-state index is 4.61. The molecular weight excluding hydrogens is 246 g/mol. The molecular formula is C17H23N3. The van der Waals surface area contributed by atoms with E-state index in [1.807, 2.05) is 4.68 Å². The molecule has 1 fully saturated rings. The van der Waals surface area contributed by atoms with Gasteiger partial charge in [-0.05, 0) is 37.3 Å². The van der Waals surface area contributed by atoms with Gasteiger partial charge in [0.05, 0.1) is 5.69 Å². The Labute approximate surface area is 121 Å². The molecule has 0 amide bonds. The van der Waals surface area contributed by atoms with Gasteiger partial charge >= 0.3 is 0 Å². The Morgan fingerprint density at radius 3 is 2.60 bits per heavy atom. The van der Waals surface area contributed by atoms with Gasteiger partial charge in [-0.1, -0.05) is 30.3 Å². The van der Waals surface area contributed by atoms with Gasteiger partial charge in [0, 0.05) is 32.4 Å². The van der Waals surface area contributed by atoms with E-state index in [1.54, 1.807) is 0 Å². The summed E-state index contributed by atoms with van der Waals surface area (Å²) in [6.07, 6.45) is 4.87. The fourth-order valence-corrected chi connectivity index (χ4v) is 2.59. The molecule has 0 atom stereocenters. The third-order valence-electron chi connectivity index (χ3n) is 3.87. The molecule has 0 aliphatic heterocycles. The highest BCUT2D eigenvalue weighted by atomic mass is 15.3. The molecule has 3 rings (SSSR count). The Morgan fingerprint density at radius 1 is 1.15 bits per heavy atom. The molecule has 1 saturated carbocycles. The predicted molar refractivity (Wildman–Crippen MR) is 81.2 cm³/mol. The van der Waals surface area contributed by atoms with E-state index in [0.29, 0.717) is 0 Å². The molecule has 0 bridgehead atoms. The Hall–Kier alpha value is -1.61. The maximum Gasteiger partial charge on any atom is 0.0764 e. The van der Waals surface area contributed by atoms with E-state index < -0.39 is 0 Å². The lowest BCUT2D eigenvalue weighted by atomic mass is 10.2. The third kappa shape index (κ3) is 3.70. The number of nitrogens with zero attached hydrogens (tertiary/aromatic N) is 3. The molecule has 1 aromatic heterocycles. The molecule has 0 N–H and O–H groups in total. The summed E-state index contributed by atoms with van der Waals surface area (Å²) in [4.78, 5) is 2.54. The van der Waals surface area contributed by atoms with Crippen LogP contribution in [0.25, 0.3) is 0 Å². The molecule has 1 aromatic carbocycles. The molecule has 3 heteroatoms. The van der Waals surface area contributed by atoms with E-state index in [1.165, 1.54) is 30.6 Å². The van der Waals surface area contributed by atoms with Gasteiger partial charge in [0.25, 0.3) is 0 Å². The largest absolute Gasteiger partial charge is 0.293 e. The average molecular weight is 269 g/mol. The van der Waals surface area contributed by atoms with E-state index in [9.17, 15) is 0 Å². The van der Waals surface area contributed by atoms with Gasteiger partial charge in [-0.15, -0.1) is 0 Å². The van der Waals surface area contributed by atoms with Crippen LogP contribution in [0.5, 0.6) is 0 Å². The minimum Gasteiger partial charge on any atom is -0.293 e. The van der Waals surface area contributed by atoms with Crippen molar-refractivity contribution in [2.24, 2.45) is 5.92 Å². The first-order valence-electron chi connectivity index (χ1n) is 7.62. The van der Waals surface area contributed by atoms with Gasteiger partial charge in [-0.2, -0.15) is 5.10 Å². The first-order valence-corrected chi connectivity index (χ1v) is 7.62. The summed E-state index contributed by atoms with van der Waals surface area (Å²) in [6.45, 7) is 6.26. The molecule has 1 aliphatic rings. The van der Waals surface area contributed by atoms with Crippen molar-refractivity contribution in [3.8, 4) is 0 Å². The molecule has 0 unspecified atom stereocenters. The summed E-state index contributed by atoms with van der Waals surface area (Å²) in [5.74, 6) is 0.909. The first kappa shape index (κ1) is 13.4. The summed E-state index contributed by atoms with van der Waals surface area (Å²) < 4.78 is 2.01. The normalized spacial score (nSPS) is 14.9. The standard InChI is InChI=1S/C17H23N3/c1-2-20-11-10-17(18-20)14-19(13-16-8-9-16)12-15-6-4-3-5-7-15/h3-7,10-11,16H,2,8-9,12-14H2,1H3. The van der Waals surface area contributed by atoms with Gasteiger partial charge in [0.15, 0.2) is 0 Å².